The first-order chi connectivity index (χ1) is 11.6. The van der Waals surface area contributed by atoms with Crippen LogP contribution in [-0.4, -0.2) is 17.9 Å². The lowest BCUT2D eigenvalue weighted by molar-refractivity contribution is 0.298. The zero-order valence-electron chi connectivity index (χ0n) is 13.1. The Morgan fingerprint density at radius 1 is 1.33 bits per heavy atom. The molecule has 126 valence electrons. The Labute approximate surface area is 154 Å². The summed E-state index contributed by atoms with van der Waals surface area (Å²) in [5.74, 6) is 0.353. The second-order valence-corrected chi connectivity index (χ2v) is 6.06. The Morgan fingerprint density at radius 3 is 2.83 bits per heavy atom. The van der Waals surface area contributed by atoms with Gasteiger partial charge >= 0.3 is 0 Å². The van der Waals surface area contributed by atoms with Gasteiger partial charge in [-0.15, -0.1) is 0 Å². The van der Waals surface area contributed by atoms with Crippen molar-refractivity contribution in [3.05, 3.63) is 63.9 Å². The van der Waals surface area contributed by atoms with Crippen molar-refractivity contribution < 1.29 is 9.13 Å². The maximum atomic E-state index is 13.6. The maximum absolute atomic E-state index is 13.6. The molecule has 0 atom stereocenters. The number of rotatable bonds is 6. The molecule has 2 aromatic rings. The first-order valence-electron chi connectivity index (χ1n) is 7.32. The van der Waals surface area contributed by atoms with E-state index in [2.05, 4.69) is 31.8 Å². The van der Waals surface area contributed by atoms with Gasteiger partial charge in [0.15, 0.2) is 5.11 Å². The van der Waals surface area contributed by atoms with E-state index < -0.39 is 0 Å². The normalized spacial score (nSPS) is 10.6. The molecule has 2 N–H and O–H groups in total. The average molecular weight is 410 g/mol. The van der Waals surface area contributed by atoms with E-state index in [1.807, 2.05) is 19.1 Å². The Morgan fingerprint density at radius 2 is 2.12 bits per heavy atom. The molecule has 0 aromatic heterocycles. The van der Waals surface area contributed by atoms with Gasteiger partial charge in [-0.05, 0) is 64.9 Å². The highest BCUT2D eigenvalue weighted by Crippen LogP contribution is 2.26. The van der Waals surface area contributed by atoms with Crippen LogP contribution in [0.2, 0.25) is 0 Å². The predicted molar refractivity (Wildman–Crippen MR) is 102 cm³/mol. The van der Waals surface area contributed by atoms with Crippen LogP contribution >= 0.6 is 28.1 Å². The van der Waals surface area contributed by atoms with E-state index in [1.54, 1.807) is 30.5 Å². The fourth-order valence-electron chi connectivity index (χ4n) is 1.85. The summed E-state index contributed by atoms with van der Waals surface area (Å²) >= 11 is 8.46. The lowest BCUT2D eigenvalue weighted by Gasteiger charge is -2.09. The van der Waals surface area contributed by atoms with Crippen molar-refractivity contribution in [1.82, 2.24) is 10.7 Å². The topological polar surface area (TPSA) is 45.7 Å². The molecule has 4 nitrogen and oxygen atoms in total. The lowest BCUT2D eigenvalue weighted by atomic mass is 10.2. The molecule has 0 bridgehead atoms. The number of nitrogens with zero attached hydrogens (tertiary/aromatic N) is 1. The van der Waals surface area contributed by atoms with Crippen LogP contribution < -0.4 is 15.5 Å². The summed E-state index contributed by atoms with van der Waals surface area (Å²) in [5.41, 5.74) is 4.10. The minimum atomic E-state index is -0.278. The minimum Gasteiger partial charge on any atom is -0.488 e. The third-order valence-electron chi connectivity index (χ3n) is 3.01. The number of benzene rings is 2. The third kappa shape index (κ3) is 5.58. The molecule has 2 rings (SSSR count). The number of hydrogen-bond donors (Lipinski definition) is 2. The van der Waals surface area contributed by atoms with Crippen molar-refractivity contribution in [3.8, 4) is 5.75 Å². The van der Waals surface area contributed by atoms with Crippen molar-refractivity contribution in [2.45, 2.75) is 13.5 Å². The van der Waals surface area contributed by atoms with Crippen LogP contribution in [0.15, 0.2) is 52.0 Å². The van der Waals surface area contributed by atoms with Gasteiger partial charge in [-0.3, -0.25) is 5.43 Å². The van der Waals surface area contributed by atoms with Gasteiger partial charge in [0.2, 0.25) is 0 Å². The molecular weight excluding hydrogens is 393 g/mol. The third-order valence-corrected chi connectivity index (χ3v) is 3.87. The highest BCUT2D eigenvalue weighted by atomic mass is 79.9. The summed E-state index contributed by atoms with van der Waals surface area (Å²) < 4.78 is 20.0. The number of thiocarbonyl (C=S) groups is 1. The summed E-state index contributed by atoms with van der Waals surface area (Å²) in [6.45, 7) is 2.85. The maximum Gasteiger partial charge on any atom is 0.186 e. The second-order valence-electron chi connectivity index (χ2n) is 4.80. The number of halogens is 2. The molecule has 24 heavy (non-hydrogen) atoms. The molecule has 0 saturated carbocycles. The SMILES string of the molecule is CCNC(=S)N/N=C\c1ccc(OCc2ccccc2F)c(Br)c1. The van der Waals surface area contributed by atoms with Crippen molar-refractivity contribution in [2.24, 2.45) is 5.10 Å². The van der Waals surface area contributed by atoms with Gasteiger partial charge in [0.25, 0.3) is 0 Å². The molecule has 2 aromatic carbocycles. The lowest BCUT2D eigenvalue weighted by Crippen LogP contribution is -2.31. The Hall–Kier alpha value is -1.99. The van der Waals surface area contributed by atoms with Gasteiger partial charge in [0, 0.05) is 12.1 Å². The summed E-state index contributed by atoms with van der Waals surface area (Å²) in [6.07, 6.45) is 1.65. The molecule has 0 aliphatic heterocycles. The van der Waals surface area contributed by atoms with Crippen LogP contribution in [0, 0.1) is 5.82 Å². The van der Waals surface area contributed by atoms with Gasteiger partial charge in [-0.2, -0.15) is 5.10 Å². The highest BCUT2D eigenvalue weighted by molar-refractivity contribution is 9.10. The second kappa shape index (κ2) is 9.34. The van der Waals surface area contributed by atoms with Crippen LogP contribution in [0.25, 0.3) is 0 Å². The van der Waals surface area contributed by atoms with E-state index in [0.29, 0.717) is 16.4 Å². The van der Waals surface area contributed by atoms with E-state index in [4.69, 9.17) is 17.0 Å². The quantitative estimate of drug-likeness (QED) is 0.430. The number of ether oxygens (including phenoxy) is 1. The largest absolute Gasteiger partial charge is 0.488 e. The minimum absolute atomic E-state index is 0.164. The van der Waals surface area contributed by atoms with Crippen LogP contribution in [0.1, 0.15) is 18.1 Å². The zero-order valence-corrected chi connectivity index (χ0v) is 15.5. The fraction of sp³-hybridized carbons (Fsp3) is 0.176. The standard InChI is InChI=1S/C17H17BrFN3OS/c1-2-20-17(24)22-21-10-12-7-8-16(14(18)9-12)23-11-13-5-3-4-6-15(13)19/h3-10H,2,11H2,1H3,(H2,20,22,24)/b21-10-. The molecular formula is C17H17BrFN3OS. The molecule has 0 aliphatic rings. The van der Waals surface area contributed by atoms with Crippen LogP contribution in [-0.2, 0) is 6.61 Å². The first-order valence-corrected chi connectivity index (χ1v) is 8.53. The molecule has 0 radical (unpaired) electrons. The van der Waals surface area contributed by atoms with Crippen molar-refractivity contribution in [3.63, 3.8) is 0 Å². The molecule has 0 amide bonds. The van der Waals surface area contributed by atoms with E-state index in [-0.39, 0.29) is 12.4 Å². The van der Waals surface area contributed by atoms with Gasteiger partial charge < -0.3 is 10.1 Å². The summed E-state index contributed by atoms with van der Waals surface area (Å²) in [4.78, 5) is 0. The van der Waals surface area contributed by atoms with E-state index in [1.165, 1.54) is 6.07 Å². The summed E-state index contributed by atoms with van der Waals surface area (Å²) in [6, 6.07) is 12.1. The van der Waals surface area contributed by atoms with E-state index >= 15 is 0 Å². The van der Waals surface area contributed by atoms with E-state index in [0.717, 1.165) is 16.6 Å². The zero-order chi connectivity index (χ0) is 17.4. The van der Waals surface area contributed by atoms with Crippen molar-refractivity contribution in [1.29, 1.82) is 0 Å². The molecule has 0 unspecified atom stereocenters. The van der Waals surface area contributed by atoms with Crippen LogP contribution in [0.4, 0.5) is 4.39 Å². The molecule has 0 spiro atoms. The Balaban J connectivity index is 1.95. The highest BCUT2D eigenvalue weighted by Gasteiger charge is 2.05. The van der Waals surface area contributed by atoms with Crippen molar-refractivity contribution in [2.75, 3.05) is 6.54 Å². The Kier molecular flexibility index (Phi) is 7.14. The fourth-order valence-corrected chi connectivity index (χ4v) is 2.56. The number of hydrazone groups is 1. The average Bonchev–Trinajstić information content (AvgIpc) is 2.56. The monoisotopic (exact) mass is 409 g/mol. The van der Waals surface area contributed by atoms with Crippen molar-refractivity contribution >= 4 is 39.5 Å². The van der Waals surface area contributed by atoms with Gasteiger partial charge in [0.1, 0.15) is 18.2 Å². The predicted octanol–water partition coefficient (Wildman–Crippen LogP) is 3.99. The molecule has 0 fully saturated rings. The molecule has 0 saturated heterocycles. The molecule has 0 aliphatic carbocycles. The number of hydrogen-bond acceptors (Lipinski definition) is 3. The molecule has 0 heterocycles. The summed E-state index contributed by atoms with van der Waals surface area (Å²) in [5, 5.41) is 7.45. The first kappa shape index (κ1) is 18.4. The van der Waals surface area contributed by atoms with Gasteiger partial charge in [0.05, 0.1) is 10.7 Å². The Bertz CT molecular complexity index is 740. The summed E-state index contributed by atoms with van der Waals surface area (Å²) in [7, 11) is 0. The van der Waals surface area contributed by atoms with Crippen LogP contribution in [0.3, 0.4) is 0 Å². The van der Waals surface area contributed by atoms with Gasteiger partial charge in [-0.1, -0.05) is 18.2 Å². The molecule has 7 heteroatoms. The van der Waals surface area contributed by atoms with Gasteiger partial charge in [-0.25, -0.2) is 4.39 Å². The number of nitrogens with one attached hydrogen (secondary N) is 2. The smallest absolute Gasteiger partial charge is 0.186 e. The van der Waals surface area contributed by atoms with Crippen LogP contribution in [0.5, 0.6) is 5.75 Å². The van der Waals surface area contributed by atoms with E-state index in [9.17, 15) is 4.39 Å².